The molecule has 0 bridgehead atoms. The van der Waals surface area contributed by atoms with E-state index in [0.717, 1.165) is 0 Å². The zero-order chi connectivity index (χ0) is 16.8. The Kier molecular flexibility index (Phi) is 5.53. The summed E-state index contributed by atoms with van der Waals surface area (Å²) in [7, 11) is 0. The van der Waals surface area contributed by atoms with Crippen LogP contribution >= 0.6 is 11.6 Å². The monoisotopic (exact) mass is 340 g/mol. The van der Waals surface area contributed by atoms with Crippen molar-refractivity contribution in [2.24, 2.45) is 0 Å². The first-order valence-corrected chi connectivity index (χ1v) is 6.96. The number of aliphatic carboxylic acids is 1. The summed E-state index contributed by atoms with van der Waals surface area (Å²) in [4.78, 5) is 29.9. The number of nitrogens with zero attached hydrogens (tertiary/aromatic N) is 2. The molecule has 1 aromatic heterocycles. The van der Waals surface area contributed by atoms with E-state index >= 15 is 0 Å². The van der Waals surface area contributed by atoms with E-state index in [-0.39, 0.29) is 29.9 Å². The Balaban J connectivity index is 2.32. The van der Waals surface area contributed by atoms with E-state index in [1.165, 1.54) is 18.5 Å². The van der Waals surface area contributed by atoms with Gasteiger partial charge in [-0.15, -0.1) is 0 Å². The van der Waals surface area contributed by atoms with Crippen LogP contribution in [0.25, 0.3) is 10.9 Å². The van der Waals surface area contributed by atoms with Gasteiger partial charge >= 0.3 is 11.9 Å². The molecule has 1 N–H and O–H groups in total. The Hall–Kier alpha value is -2.61. The zero-order valence-corrected chi connectivity index (χ0v) is 12.9. The third-order valence-electron chi connectivity index (χ3n) is 2.65. The Bertz CT molecular complexity index is 737. The van der Waals surface area contributed by atoms with Crippen LogP contribution in [0.2, 0.25) is 5.15 Å². The number of benzene rings is 1. The summed E-state index contributed by atoms with van der Waals surface area (Å²) in [5, 5.41) is 9.39. The third kappa shape index (κ3) is 4.43. The second-order valence-electron chi connectivity index (χ2n) is 4.26. The van der Waals surface area contributed by atoms with E-state index in [1.54, 1.807) is 6.92 Å². The molecule has 1 aromatic carbocycles. The van der Waals surface area contributed by atoms with E-state index in [9.17, 15) is 9.59 Å². The minimum atomic E-state index is -1.16. The van der Waals surface area contributed by atoms with E-state index < -0.39 is 18.5 Å². The highest BCUT2D eigenvalue weighted by atomic mass is 35.5. The number of carbonyl (C=O) groups is 2. The van der Waals surface area contributed by atoms with Crippen molar-refractivity contribution in [1.29, 1.82) is 0 Å². The molecule has 0 amide bonds. The molecule has 0 aliphatic carbocycles. The van der Waals surface area contributed by atoms with Crippen LogP contribution in [0.5, 0.6) is 11.5 Å². The second kappa shape index (κ2) is 7.59. The largest absolute Gasteiger partial charge is 0.479 e. The van der Waals surface area contributed by atoms with Gasteiger partial charge in [0.25, 0.3) is 0 Å². The van der Waals surface area contributed by atoms with Crippen LogP contribution < -0.4 is 9.47 Å². The van der Waals surface area contributed by atoms with Gasteiger partial charge in [-0.05, 0) is 13.0 Å². The summed E-state index contributed by atoms with van der Waals surface area (Å²) in [6.45, 7) is 0.980. The first kappa shape index (κ1) is 16.8. The van der Waals surface area contributed by atoms with Crippen LogP contribution in [0.3, 0.4) is 0 Å². The molecule has 0 aliphatic rings. The lowest BCUT2D eigenvalue weighted by molar-refractivity contribution is -0.145. The molecule has 0 saturated heterocycles. The highest BCUT2D eigenvalue weighted by Crippen LogP contribution is 2.34. The number of rotatable bonds is 7. The van der Waals surface area contributed by atoms with Crippen LogP contribution in [0.4, 0.5) is 0 Å². The minimum Gasteiger partial charge on any atom is -0.479 e. The number of halogens is 1. The van der Waals surface area contributed by atoms with E-state index in [1.807, 2.05) is 0 Å². The molecular weight excluding hydrogens is 328 g/mol. The number of hydrogen-bond acceptors (Lipinski definition) is 7. The normalized spacial score (nSPS) is 10.3. The van der Waals surface area contributed by atoms with Crippen molar-refractivity contribution >= 4 is 34.4 Å². The van der Waals surface area contributed by atoms with Gasteiger partial charge in [-0.1, -0.05) is 11.6 Å². The number of aromatic nitrogens is 2. The van der Waals surface area contributed by atoms with Gasteiger partial charge in [-0.3, -0.25) is 0 Å². The van der Waals surface area contributed by atoms with Crippen molar-refractivity contribution in [2.75, 3.05) is 19.8 Å². The van der Waals surface area contributed by atoms with E-state index in [4.69, 9.17) is 30.9 Å². The molecule has 0 unspecified atom stereocenters. The van der Waals surface area contributed by atoms with Crippen LogP contribution in [-0.2, 0) is 14.3 Å². The molecule has 0 spiro atoms. The number of fused-ring (bicyclic) bond motifs is 1. The minimum absolute atomic E-state index is 0.112. The van der Waals surface area contributed by atoms with E-state index in [2.05, 4.69) is 9.97 Å². The zero-order valence-electron chi connectivity index (χ0n) is 12.1. The van der Waals surface area contributed by atoms with Gasteiger partial charge in [-0.25, -0.2) is 19.6 Å². The lowest BCUT2D eigenvalue weighted by atomic mass is 10.2. The van der Waals surface area contributed by atoms with Gasteiger partial charge in [0.05, 0.1) is 12.1 Å². The average molecular weight is 341 g/mol. The Morgan fingerprint density at radius 3 is 2.57 bits per heavy atom. The molecule has 122 valence electrons. The van der Waals surface area contributed by atoms with Gasteiger partial charge < -0.3 is 19.3 Å². The van der Waals surface area contributed by atoms with Gasteiger partial charge in [-0.2, -0.15) is 0 Å². The standard InChI is InChI=1S/C14H13ClN2O6/c1-2-21-13(20)6-23-11-4-9-8(14(15)17-7-16-9)3-10(11)22-5-12(18)19/h3-4,7H,2,5-6H2,1H3,(H,18,19). The predicted octanol–water partition coefficient (Wildman–Crippen LogP) is 1.69. The fraction of sp³-hybridized carbons (Fsp3) is 0.286. The molecule has 2 aromatic rings. The molecule has 2 rings (SSSR count). The van der Waals surface area contributed by atoms with Gasteiger partial charge in [0.15, 0.2) is 24.7 Å². The molecule has 0 saturated carbocycles. The van der Waals surface area contributed by atoms with Crippen molar-refractivity contribution in [3.8, 4) is 11.5 Å². The second-order valence-corrected chi connectivity index (χ2v) is 4.61. The highest BCUT2D eigenvalue weighted by molar-refractivity contribution is 6.34. The topological polar surface area (TPSA) is 108 Å². The Morgan fingerprint density at radius 2 is 1.87 bits per heavy atom. The summed E-state index contributed by atoms with van der Waals surface area (Å²) >= 11 is 5.97. The van der Waals surface area contributed by atoms with Crippen LogP contribution in [0, 0.1) is 0 Å². The van der Waals surface area contributed by atoms with Crippen LogP contribution in [-0.4, -0.2) is 46.8 Å². The summed E-state index contributed by atoms with van der Waals surface area (Å²) in [6.07, 6.45) is 1.28. The first-order valence-electron chi connectivity index (χ1n) is 6.58. The number of carboxylic acids is 1. The Labute approximate surface area is 136 Å². The van der Waals surface area contributed by atoms with Gasteiger partial charge in [0.1, 0.15) is 11.5 Å². The molecule has 0 atom stereocenters. The molecule has 8 nitrogen and oxygen atoms in total. The lowest BCUT2D eigenvalue weighted by Crippen LogP contribution is -2.16. The van der Waals surface area contributed by atoms with Crippen molar-refractivity contribution in [2.45, 2.75) is 6.92 Å². The summed E-state index contributed by atoms with van der Waals surface area (Å²) < 4.78 is 15.3. The molecule has 1 heterocycles. The highest BCUT2D eigenvalue weighted by Gasteiger charge is 2.14. The molecule has 9 heteroatoms. The predicted molar refractivity (Wildman–Crippen MR) is 79.8 cm³/mol. The number of hydrogen-bond donors (Lipinski definition) is 1. The number of carbonyl (C=O) groups excluding carboxylic acids is 1. The van der Waals surface area contributed by atoms with E-state index in [0.29, 0.717) is 10.9 Å². The summed E-state index contributed by atoms with van der Waals surface area (Å²) in [5.41, 5.74) is 0.464. The number of ether oxygens (including phenoxy) is 3. The Morgan fingerprint density at radius 1 is 1.17 bits per heavy atom. The maximum Gasteiger partial charge on any atom is 0.344 e. The summed E-state index contributed by atoms with van der Waals surface area (Å²) in [6, 6.07) is 2.94. The maximum atomic E-state index is 11.4. The SMILES string of the molecule is CCOC(=O)COc1cc2ncnc(Cl)c2cc1OCC(=O)O. The fourth-order valence-corrected chi connectivity index (χ4v) is 1.93. The number of carboxylic acid groups (broad SMARTS) is 1. The van der Waals surface area contributed by atoms with Crippen molar-refractivity contribution in [1.82, 2.24) is 9.97 Å². The fourth-order valence-electron chi connectivity index (χ4n) is 1.74. The molecule has 23 heavy (non-hydrogen) atoms. The lowest BCUT2D eigenvalue weighted by Gasteiger charge is -2.12. The van der Waals surface area contributed by atoms with Gasteiger partial charge in [0, 0.05) is 11.5 Å². The van der Waals surface area contributed by atoms with Crippen LogP contribution in [0.1, 0.15) is 6.92 Å². The quantitative estimate of drug-likeness (QED) is 0.599. The molecular formula is C14H13ClN2O6. The van der Waals surface area contributed by atoms with Crippen molar-refractivity contribution < 1.29 is 28.9 Å². The molecule has 0 aliphatic heterocycles. The molecule has 0 fully saturated rings. The maximum absolute atomic E-state index is 11.4. The van der Waals surface area contributed by atoms with Gasteiger partial charge in [0.2, 0.25) is 0 Å². The summed E-state index contributed by atoms with van der Waals surface area (Å²) in [5.74, 6) is -1.45. The third-order valence-corrected chi connectivity index (χ3v) is 2.96. The average Bonchev–Trinajstić information content (AvgIpc) is 2.51. The first-order chi connectivity index (χ1) is 11.0. The van der Waals surface area contributed by atoms with Crippen molar-refractivity contribution in [3.05, 3.63) is 23.6 Å². The molecule has 0 radical (unpaired) electrons. The van der Waals surface area contributed by atoms with Crippen LogP contribution in [0.15, 0.2) is 18.5 Å². The number of esters is 1. The smallest absolute Gasteiger partial charge is 0.344 e. The van der Waals surface area contributed by atoms with Crippen molar-refractivity contribution in [3.63, 3.8) is 0 Å².